The van der Waals surface area contributed by atoms with Crippen molar-refractivity contribution in [2.45, 2.75) is 38.0 Å². The zero-order valence-electron chi connectivity index (χ0n) is 16.6. The summed E-state index contributed by atoms with van der Waals surface area (Å²) < 4.78 is 0. The van der Waals surface area contributed by atoms with E-state index in [0.29, 0.717) is 16.5 Å². The van der Waals surface area contributed by atoms with E-state index in [2.05, 4.69) is 47.3 Å². The molecule has 1 fully saturated rings. The van der Waals surface area contributed by atoms with E-state index < -0.39 is 0 Å². The van der Waals surface area contributed by atoms with Gasteiger partial charge in [0.1, 0.15) is 5.84 Å². The van der Waals surface area contributed by atoms with Crippen molar-refractivity contribution in [2.24, 2.45) is 4.99 Å². The van der Waals surface area contributed by atoms with Gasteiger partial charge in [-0.2, -0.15) is 0 Å². The Morgan fingerprint density at radius 2 is 1.93 bits per heavy atom. The lowest BCUT2D eigenvalue weighted by molar-refractivity contribution is 0.112. The van der Waals surface area contributed by atoms with Gasteiger partial charge in [0.2, 0.25) is 0 Å². The van der Waals surface area contributed by atoms with Crippen molar-refractivity contribution in [2.75, 3.05) is 25.0 Å². The lowest BCUT2D eigenvalue weighted by atomic mass is 9.82. The van der Waals surface area contributed by atoms with Crippen molar-refractivity contribution in [3.05, 3.63) is 58.1 Å². The second-order valence-corrected chi connectivity index (χ2v) is 8.51. The highest BCUT2D eigenvalue weighted by atomic mass is 35.5. The molecule has 0 aliphatic carbocycles. The molecule has 2 heterocycles. The zero-order valence-corrected chi connectivity index (χ0v) is 17.4. The average molecular weight is 396 g/mol. The van der Waals surface area contributed by atoms with Crippen molar-refractivity contribution < 1.29 is 4.79 Å². The fourth-order valence-corrected chi connectivity index (χ4v) is 4.85. The van der Waals surface area contributed by atoms with Gasteiger partial charge in [0.25, 0.3) is 0 Å². The largest absolute Gasteiger partial charge is 0.317 e. The lowest BCUT2D eigenvalue weighted by Gasteiger charge is -2.26. The molecule has 0 atom stereocenters. The molecule has 0 saturated carbocycles. The number of anilines is 2. The summed E-state index contributed by atoms with van der Waals surface area (Å²) in [6.07, 6.45) is 3.17. The Bertz CT molecular complexity index is 945. The minimum Gasteiger partial charge on any atom is -0.317 e. The molecule has 1 N–H and O–H groups in total. The Kier molecular flexibility index (Phi) is 5.02. The number of benzene rings is 2. The summed E-state index contributed by atoms with van der Waals surface area (Å²) in [4.78, 5) is 18.5. The topological polar surface area (TPSA) is 44.7 Å². The Morgan fingerprint density at radius 1 is 1.18 bits per heavy atom. The highest BCUT2D eigenvalue weighted by Gasteiger charge is 2.43. The molecule has 0 bridgehead atoms. The lowest BCUT2D eigenvalue weighted by Crippen LogP contribution is -2.34. The Hall–Kier alpha value is -2.17. The second-order valence-electron chi connectivity index (χ2n) is 8.10. The van der Waals surface area contributed by atoms with Crippen molar-refractivity contribution in [3.63, 3.8) is 0 Å². The predicted octanol–water partition coefficient (Wildman–Crippen LogP) is 5.08. The van der Waals surface area contributed by atoms with E-state index in [0.717, 1.165) is 36.6 Å². The van der Waals surface area contributed by atoms with Crippen LogP contribution in [0.3, 0.4) is 0 Å². The highest BCUT2D eigenvalue weighted by molar-refractivity contribution is 6.34. The minimum atomic E-state index is -0.254. The minimum absolute atomic E-state index is 0.254. The molecule has 0 unspecified atom stereocenters. The van der Waals surface area contributed by atoms with Gasteiger partial charge in [0.15, 0.2) is 6.29 Å². The molecule has 0 radical (unpaired) electrons. The van der Waals surface area contributed by atoms with Gasteiger partial charge in [0, 0.05) is 12.5 Å². The van der Waals surface area contributed by atoms with E-state index in [1.54, 1.807) is 6.07 Å². The number of carbonyl (C=O) groups is 1. The first-order valence-electron chi connectivity index (χ1n) is 9.85. The number of aliphatic imine (C=N–C) groups is 1. The Balaban J connectivity index is 1.87. The quantitative estimate of drug-likeness (QED) is 0.737. The number of nitrogens with zero attached hydrogens (tertiary/aromatic N) is 2. The molecule has 2 aromatic rings. The molecular formula is C23H26ClN3O. The second kappa shape index (κ2) is 7.34. The molecule has 0 spiro atoms. The smallest absolute Gasteiger partial charge is 0.153 e. The molecule has 146 valence electrons. The molecule has 0 amide bonds. The molecule has 2 aliphatic rings. The number of rotatable bonds is 3. The number of amidine groups is 1. The third kappa shape index (κ3) is 2.96. The van der Waals surface area contributed by atoms with Gasteiger partial charge in [-0.05, 0) is 75.0 Å². The number of piperidine rings is 1. The van der Waals surface area contributed by atoms with Crippen molar-refractivity contribution in [3.8, 4) is 0 Å². The van der Waals surface area contributed by atoms with E-state index in [1.165, 1.54) is 24.0 Å². The van der Waals surface area contributed by atoms with Crippen LogP contribution in [0, 0.1) is 0 Å². The van der Waals surface area contributed by atoms with Crippen LogP contribution in [0.2, 0.25) is 5.02 Å². The van der Waals surface area contributed by atoms with Gasteiger partial charge in [0.05, 0.1) is 22.0 Å². The molecule has 2 aromatic carbocycles. The van der Waals surface area contributed by atoms with Crippen molar-refractivity contribution in [1.82, 2.24) is 5.32 Å². The maximum absolute atomic E-state index is 11.8. The maximum Gasteiger partial charge on any atom is 0.153 e. The molecule has 4 nitrogen and oxygen atoms in total. The van der Waals surface area contributed by atoms with Crippen LogP contribution in [-0.2, 0) is 5.41 Å². The monoisotopic (exact) mass is 395 g/mol. The highest BCUT2D eigenvalue weighted by Crippen LogP contribution is 2.48. The van der Waals surface area contributed by atoms with Gasteiger partial charge in [-0.25, -0.2) is 0 Å². The van der Waals surface area contributed by atoms with Gasteiger partial charge in [-0.1, -0.05) is 29.8 Å². The van der Waals surface area contributed by atoms with Crippen LogP contribution in [0.25, 0.3) is 0 Å². The average Bonchev–Trinajstić information content (AvgIpc) is 2.94. The summed E-state index contributed by atoms with van der Waals surface area (Å²) in [5.41, 5.74) is 4.75. The first kappa shape index (κ1) is 19.2. The van der Waals surface area contributed by atoms with Crippen LogP contribution in [0.15, 0.2) is 41.4 Å². The van der Waals surface area contributed by atoms with Crippen molar-refractivity contribution in [1.29, 1.82) is 0 Å². The summed E-state index contributed by atoms with van der Waals surface area (Å²) in [5.74, 6) is 1.52. The van der Waals surface area contributed by atoms with E-state index in [9.17, 15) is 4.79 Å². The number of nitrogens with one attached hydrogen (secondary N) is 1. The summed E-state index contributed by atoms with van der Waals surface area (Å²) in [6, 6.07) is 12.3. The number of hydrogen-bond acceptors (Lipinski definition) is 3. The van der Waals surface area contributed by atoms with Crippen LogP contribution in [-0.4, -0.2) is 32.3 Å². The van der Waals surface area contributed by atoms with Crippen LogP contribution in [0.4, 0.5) is 11.4 Å². The summed E-state index contributed by atoms with van der Waals surface area (Å²) in [5, 5.41) is 3.90. The Morgan fingerprint density at radius 3 is 2.61 bits per heavy atom. The standard InChI is InChI=1S/C23H26ClN3O/c1-23(2)18-13-16(15-9-11-26-12-10-15)7-8-21(18)27(22(23)25-3)20-6-4-5-19(24)17(20)14-28/h4-8,13-15,26H,9-12H2,1-3H3. The number of aldehydes is 1. The van der Waals surface area contributed by atoms with E-state index in [1.807, 2.05) is 19.2 Å². The summed E-state index contributed by atoms with van der Waals surface area (Å²) in [6.45, 7) is 6.55. The molecule has 28 heavy (non-hydrogen) atoms. The van der Waals surface area contributed by atoms with E-state index in [4.69, 9.17) is 11.6 Å². The van der Waals surface area contributed by atoms with Crippen LogP contribution < -0.4 is 10.2 Å². The molecular weight excluding hydrogens is 370 g/mol. The predicted molar refractivity (Wildman–Crippen MR) is 117 cm³/mol. The molecule has 5 heteroatoms. The van der Waals surface area contributed by atoms with Gasteiger partial charge >= 0.3 is 0 Å². The molecule has 0 aromatic heterocycles. The van der Waals surface area contributed by atoms with Crippen LogP contribution >= 0.6 is 11.6 Å². The Labute approximate surface area is 171 Å². The first-order chi connectivity index (χ1) is 13.5. The summed E-state index contributed by atoms with van der Waals surface area (Å²) >= 11 is 6.32. The van der Waals surface area contributed by atoms with Gasteiger partial charge < -0.3 is 5.32 Å². The third-order valence-electron chi connectivity index (χ3n) is 6.12. The van der Waals surface area contributed by atoms with Gasteiger partial charge in [-0.15, -0.1) is 0 Å². The normalized spacial score (nSPS) is 20.4. The van der Waals surface area contributed by atoms with E-state index >= 15 is 0 Å². The van der Waals surface area contributed by atoms with Crippen LogP contribution in [0.1, 0.15) is 54.1 Å². The van der Waals surface area contributed by atoms with E-state index in [-0.39, 0.29) is 5.41 Å². The third-order valence-corrected chi connectivity index (χ3v) is 6.45. The number of halogens is 1. The maximum atomic E-state index is 11.8. The fraction of sp³-hybridized carbons (Fsp3) is 0.391. The van der Waals surface area contributed by atoms with Crippen LogP contribution in [0.5, 0.6) is 0 Å². The molecule has 4 rings (SSSR count). The zero-order chi connectivity index (χ0) is 19.9. The number of fused-ring (bicyclic) bond motifs is 1. The van der Waals surface area contributed by atoms with Crippen molar-refractivity contribution >= 4 is 35.1 Å². The number of hydrogen-bond donors (Lipinski definition) is 1. The SMILES string of the molecule is CN=C1N(c2cccc(Cl)c2C=O)c2ccc(C3CCNCC3)cc2C1(C)C. The summed E-state index contributed by atoms with van der Waals surface area (Å²) in [7, 11) is 1.81. The molecule has 1 saturated heterocycles. The number of carbonyl (C=O) groups excluding carboxylic acids is 1. The fourth-order valence-electron chi connectivity index (χ4n) is 4.63. The first-order valence-corrected chi connectivity index (χ1v) is 10.2. The molecule has 2 aliphatic heterocycles. The van der Waals surface area contributed by atoms with Gasteiger partial charge in [-0.3, -0.25) is 14.7 Å².